The van der Waals surface area contributed by atoms with Crippen molar-refractivity contribution < 1.29 is 9.90 Å². The van der Waals surface area contributed by atoms with Crippen molar-refractivity contribution in [3.63, 3.8) is 0 Å². The average molecular weight is 266 g/mol. The molecule has 0 spiro atoms. The van der Waals surface area contributed by atoms with E-state index in [0.29, 0.717) is 10.9 Å². The van der Waals surface area contributed by atoms with Gasteiger partial charge in [-0.3, -0.25) is 9.89 Å². The van der Waals surface area contributed by atoms with Crippen molar-refractivity contribution in [2.75, 3.05) is 0 Å². The molecule has 5 heteroatoms. The van der Waals surface area contributed by atoms with Gasteiger partial charge in [0.2, 0.25) is 11.1 Å². The normalized spacial score (nSPS) is 10.6. The van der Waals surface area contributed by atoms with Crippen LogP contribution in [0.4, 0.5) is 0 Å². The molecule has 0 saturated carbocycles. The van der Waals surface area contributed by atoms with Crippen LogP contribution in [0.3, 0.4) is 0 Å². The van der Waals surface area contributed by atoms with Crippen molar-refractivity contribution >= 4 is 16.9 Å². The molecule has 0 aliphatic rings. The molecule has 0 aliphatic carbocycles. The third kappa shape index (κ3) is 1.95. The lowest BCUT2D eigenvalue weighted by Gasteiger charge is -2.04. The van der Waals surface area contributed by atoms with Gasteiger partial charge in [0.25, 0.3) is 0 Å². The Kier molecular flexibility index (Phi) is 2.80. The molecule has 5 nitrogen and oxygen atoms in total. The average Bonchev–Trinajstić information content (AvgIpc) is 2.48. The Hall–Kier alpha value is -2.95. The zero-order valence-corrected chi connectivity index (χ0v) is 10.3. The van der Waals surface area contributed by atoms with Gasteiger partial charge in [-0.25, -0.2) is 4.79 Å². The van der Waals surface area contributed by atoms with Crippen LogP contribution in [0.1, 0.15) is 10.5 Å². The van der Waals surface area contributed by atoms with Gasteiger partial charge in [0.1, 0.15) is 0 Å². The van der Waals surface area contributed by atoms with Gasteiger partial charge >= 0.3 is 5.97 Å². The molecular formula is C15H10N2O3. The standard InChI is InChI=1S/C15H10N2O3/c18-14-11-8-10(9-4-2-1-3-5-9)6-7-12(11)16-17-13(14)15(19)20/h1-8H,(H,16,18)(H,19,20). The lowest BCUT2D eigenvalue weighted by atomic mass is 10.0. The third-order valence-corrected chi connectivity index (χ3v) is 3.08. The van der Waals surface area contributed by atoms with Gasteiger partial charge in [0, 0.05) is 0 Å². The smallest absolute Gasteiger partial charge is 0.360 e. The molecule has 2 aromatic carbocycles. The number of benzene rings is 2. The predicted octanol–water partition coefficient (Wildman–Crippen LogP) is 2.29. The first-order valence-corrected chi connectivity index (χ1v) is 5.98. The Morgan fingerprint density at radius 2 is 1.80 bits per heavy atom. The lowest BCUT2D eigenvalue weighted by Crippen LogP contribution is -2.18. The van der Waals surface area contributed by atoms with Crippen molar-refractivity contribution in [3.8, 4) is 11.1 Å². The van der Waals surface area contributed by atoms with E-state index in [2.05, 4.69) is 10.2 Å². The summed E-state index contributed by atoms with van der Waals surface area (Å²) in [7, 11) is 0. The summed E-state index contributed by atoms with van der Waals surface area (Å²) < 4.78 is 0. The van der Waals surface area contributed by atoms with Gasteiger partial charge in [0.15, 0.2) is 0 Å². The topological polar surface area (TPSA) is 83.0 Å². The summed E-state index contributed by atoms with van der Waals surface area (Å²) in [6.45, 7) is 0. The number of H-pyrrole nitrogens is 1. The van der Waals surface area contributed by atoms with Crippen LogP contribution in [0, 0.1) is 0 Å². The highest BCUT2D eigenvalue weighted by Gasteiger charge is 2.13. The number of hydrogen-bond acceptors (Lipinski definition) is 3. The lowest BCUT2D eigenvalue weighted by molar-refractivity contribution is 0.0688. The van der Waals surface area contributed by atoms with Crippen molar-refractivity contribution in [1.82, 2.24) is 10.2 Å². The van der Waals surface area contributed by atoms with Crippen molar-refractivity contribution in [3.05, 3.63) is 64.4 Å². The van der Waals surface area contributed by atoms with Gasteiger partial charge in [-0.2, -0.15) is 5.10 Å². The van der Waals surface area contributed by atoms with Crippen LogP contribution >= 0.6 is 0 Å². The summed E-state index contributed by atoms with van der Waals surface area (Å²) >= 11 is 0. The van der Waals surface area contributed by atoms with Gasteiger partial charge in [-0.1, -0.05) is 36.4 Å². The van der Waals surface area contributed by atoms with E-state index in [0.717, 1.165) is 11.1 Å². The van der Waals surface area contributed by atoms with E-state index in [-0.39, 0.29) is 0 Å². The first kappa shape index (κ1) is 12.1. The number of aromatic amines is 1. The molecule has 1 aromatic heterocycles. The number of carboxylic acid groups (broad SMARTS) is 1. The number of rotatable bonds is 2. The summed E-state index contributed by atoms with van der Waals surface area (Å²) in [4.78, 5) is 23.0. The largest absolute Gasteiger partial charge is 0.476 e. The first-order valence-electron chi connectivity index (χ1n) is 5.98. The Balaban J connectivity index is 2.27. The van der Waals surface area contributed by atoms with Crippen molar-refractivity contribution in [1.29, 1.82) is 0 Å². The van der Waals surface area contributed by atoms with E-state index >= 15 is 0 Å². The summed E-state index contributed by atoms with van der Waals surface area (Å²) in [5, 5.41) is 15.4. The Bertz CT molecular complexity index is 854. The molecule has 0 atom stereocenters. The van der Waals surface area contributed by atoms with E-state index in [9.17, 15) is 9.59 Å². The van der Waals surface area contributed by atoms with Crippen LogP contribution in [-0.2, 0) is 0 Å². The molecular weight excluding hydrogens is 256 g/mol. The SMILES string of the molecule is O=C(O)c1n[nH]c2ccc(-c3ccccc3)cc2c1=O. The van der Waals surface area contributed by atoms with E-state index in [1.165, 1.54) is 0 Å². The number of hydrogen-bond donors (Lipinski definition) is 2. The van der Waals surface area contributed by atoms with Crippen LogP contribution in [0.25, 0.3) is 22.0 Å². The number of aromatic nitrogens is 2. The van der Waals surface area contributed by atoms with Gasteiger partial charge in [0.05, 0.1) is 10.9 Å². The molecule has 0 radical (unpaired) electrons. The second kappa shape index (κ2) is 4.62. The summed E-state index contributed by atoms with van der Waals surface area (Å²) in [6, 6.07) is 14.8. The van der Waals surface area contributed by atoms with Crippen LogP contribution in [0.15, 0.2) is 53.3 Å². The van der Waals surface area contributed by atoms with Crippen LogP contribution in [-0.4, -0.2) is 21.3 Å². The summed E-state index contributed by atoms with van der Waals surface area (Å²) in [6.07, 6.45) is 0. The van der Waals surface area contributed by atoms with E-state index < -0.39 is 17.1 Å². The Morgan fingerprint density at radius 1 is 1.05 bits per heavy atom. The fraction of sp³-hybridized carbons (Fsp3) is 0. The fourth-order valence-electron chi connectivity index (χ4n) is 2.08. The fourth-order valence-corrected chi connectivity index (χ4v) is 2.08. The quantitative estimate of drug-likeness (QED) is 0.745. The maximum absolute atomic E-state index is 12.1. The minimum Gasteiger partial charge on any atom is -0.476 e. The number of carboxylic acids is 1. The number of nitrogens with one attached hydrogen (secondary N) is 1. The Labute approximate surface area is 113 Å². The molecule has 3 aromatic rings. The van der Waals surface area contributed by atoms with Crippen LogP contribution in [0.5, 0.6) is 0 Å². The van der Waals surface area contributed by atoms with Crippen molar-refractivity contribution in [2.45, 2.75) is 0 Å². The van der Waals surface area contributed by atoms with Gasteiger partial charge < -0.3 is 5.11 Å². The highest BCUT2D eigenvalue weighted by Crippen LogP contribution is 2.21. The number of nitrogens with zero attached hydrogens (tertiary/aromatic N) is 1. The molecule has 0 saturated heterocycles. The van der Waals surface area contributed by atoms with Crippen molar-refractivity contribution in [2.24, 2.45) is 0 Å². The molecule has 2 N–H and O–H groups in total. The molecule has 0 amide bonds. The maximum atomic E-state index is 12.1. The molecule has 0 fully saturated rings. The monoisotopic (exact) mass is 266 g/mol. The number of fused-ring (bicyclic) bond motifs is 1. The predicted molar refractivity (Wildman–Crippen MR) is 74.8 cm³/mol. The highest BCUT2D eigenvalue weighted by molar-refractivity contribution is 5.91. The van der Waals surface area contributed by atoms with E-state index in [4.69, 9.17) is 5.11 Å². The molecule has 0 aliphatic heterocycles. The first-order chi connectivity index (χ1) is 9.66. The molecule has 98 valence electrons. The van der Waals surface area contributed by atoms with Gasteiger partial charge in [-0.05, 0) is 23.3 Å². The van der Waals surface area contributed by atoms with E-state index in [1.807, 2.05) is 36.4 Å². The minimum atomic E-state index is -1.33. The van der Waals surface area contributed by atoms with E-state index in [1.54, 1.807) is 12.1 Å². The molecule has 0 bridgehead atoms. The second-order valence-electron chi connectivity index (χ2n) is 4.33. The van der Waals surface area contributed by atoms with Crippen LogP contribution in [0.2, 0.25) is 0 Å². The minimum absolute atomic E-state index is 0.318. The van der Waals surface area contributed by atoms with Gasteiger partial charge in [-0.15, -0.1) is 0 Å². The maximum Gasteiger partial charge on any atom is 0.360 e. The molecule has 3 rings (SSSR count). The zero-order valence-electron chi connectivity index (χ0n) is 10.3. The summed E-state index contributed by atoms with van der Waals surface area (Å²) in [5.74, 6) is -1.33. The third-order valence-electron chi connectivity index (χ3n) is 3.08. The highest BCUT2D eigenvalue weighted by atomic mass is 16.4. The molecule has 1 heterocycles. The number of carbonyl (C=O) groups is 1. The Morgan fingerprint density at radius 3 is 2.50 bits per heavy atom. The van der Waals surface area contributed by atoms with Crippen LogP contribution < -0.4 is 5.43 Å². The zero-order chi connectivity index (χ0) is 14.1. The summed E-state index contributed by atoms with van der Waals surface area (Å²) in [5.41, 5.74) is 1.25. The second-order valence-corrected chi connectivity index (χ2v) is 4.33. The molecule has 20 heavy (non-hydrogen) atoms. The number of aromatic carboxylic acids is 1. The molecule has 0 unspecified atom stereocenters.